The minimum atomic E-state index is -0.0979. The molecule has 3 N–H and O–H groups in total. The van der Waals surface area contributed by atoms with Crippen LogP contribution in [0.3, 0.4) is 0 Å². The first-order valence-electron chi connectivity index (χ1n) is 6.19. The summed E-state index contributed by atoms with van der Waals surface area (Å²) in [5, 5.41) is 4.48. The fraction of sp³-hybridized carbons (Fsp3) is 0.200. The van der Waals surface area contributed by atoms with E-state index in [4.69, 9.17) is 28.9 Å². The van der Waals surface area contributed by atoms with E-state index < -0.39 is 0 Å². The molecule has 2 aromatic carbocycles. The van der Waals surface area contributed by atoms with E-state index in [2.05, 4.69) is 27.3 Å². The molecule has 0 fully saturated rings. The zero-order valence-corrected chi connectivity index (χ0v) is 14.1. The Hall–Kier alpha value is -0.740. The molecule has 0 radical (unpaired) electrons. The van der Waals surface area contributed by atoms with Crippen molar-refractivity contribution in [3.63, 3.8) is 0 Å². The molecular formula is C15H15BrCl2N2. The molecule has 1 unspecified atom stereocenters. The summed E-state index contributed by atoms with van der Waals surface area (Å²) in [5.41, 5.74) is 8.93. The number of rotatable bonds is 4. The molecule has 0 heterocycles. The fourth-order valence-electron chi connectivity index (χ4n) is 1.99. The Morgan fingerprint density at radius 2 is 2.00 bits per heavy atom. The lowest BCUT2D eigenvalue weighted by Gasteiger charge is -2.21. The average molecular weight is 374 g/mol. The number of benzene rings is 2. The van der Waals surface area contributed by atoms with E-state index in [1.54, 1.807) is 6.07 Å². The normalized spacial score (nSPS) is 12.2. The third kappa shape index (κ3) is 3.47. The second kappa shape index (κ2) is 6.81. The van der Waals surface area contributed by atoms with E-state index in [0.717, 1.165) is 15.7 Å². The van der Waals surface area contributed by atoms with Crippen molar-refractivity contribution in [2.45, 2.75) is 13.0 Å². The fourth-order valence-corrected chi connectivity index (χ4v) is 2.79. The summed E-state index contributed by atoms with van der Waals surface area (Å²) in [6, 6.07) is 11.6. The minimum absolute atomic E-state index is 0.0979. The lowest BCUT2D eigenvalue weighted by molar-refractivity contribution is 0.789. The standard InChI is InChI=1S/C15H15BrCl2N2/c1-9-5-6-11(16)13(7-9)20-14(8-19)10-3-2-4-12(17)15(10)18/h2-7,14,20H,8,19H2,1H3. The van der Waals surface area contributed by atoms with E-state index in [-0.39, 0.29) is 6.04 Å². The van der Waals surface area contributed by atoms with Crippen LogP contribution in [0.5, 0.6) is 0 Å². The van der Waals surface area contributed by atoms with Gasteiger partial charge in [0, 0.05) is 16.7 Å². The lowest BCUT2D eigenvalue weighted by atomic mass is 10.1. The Kier molecular flexibility index (Phi) is 5.33. The van der Waals surface area contributed by atoms with Gasteiger partial charge in [-0.1, -0.05) is 41.4 Å². The van der Waals surface area contributed by atoms with E-state index in [1.807, 2.05) is 31.2 Å². The maximum Gasteiger partial charge on any atom is 0.0651 e. The molecule has 0 amide bonds. The molecule has 0 aromatic heterocycles. The third-order valence-electron chi connectivity index (χ3n) is 3.04. The van der Waals surface area contributed by atoms with Crippen molar-refractivity contribution in [3.05, 3.63) is 62.0 Å². The first-order chi connectivity index (χ1) is 9.52. The molecule has 106 valence electrons. The summed E-state index contributed by atoms with van der Waals surface area (Å²) < 4.78 is 0.986. The predicted molar refractivity (Wildman–Crippen MR) is 90.8 cm³/mol. The summed E-state index contributed by atoms with van der Waals surface area (Å²) in [5.74, 6) is 0. The van der Waals surface area contributed by atoms with E-state index in [9.17, 15) is 0 Å². The van der Waals surface area contributed by atoms with Gasteiger partial charge >= 0.3 is 0 Å². The van der Waals surface area contributed by atoms with Crippen molar-refractivity contribution >= 4 is 44.8 Å². The largest absolute Gasteiger partial charge is 0.376 e. The molecule has 1 atom stereocenters. The molecule has 0 aliphatic carbocycles. The molecule has 2 aromatic rings. The van der Waals surface area contributed by atoms with Gasteiger partial charge < -0.3 is 11.1 Å². The molecule has 5 heteroatoms. The van der Waals surface area contributed by atoms with Gasteiger partial charge in [-0.2, -0.15) is 0 Å². The number of halogens is 3. The van der Waals surface area contributed by atoms with E-state index >= 15 is 0 Å². The quantitative estimate of drug-likeness (QED) is 0.775. The van der Waals surface area contributed by atoms with Gasteiger partial charge in [0.15, 0.2) is 0 Å². The Balaban J connectivity index is 2.34. The summed E-state index contributed by atoms with van der Waals surface area (Å²) >= 11 is 15.9. The molecular weight excluding hydrogens is 359 g/mol. The molecule has 0 saturated carbocycles. The lowest BCUT2D eigenvalue weighted by Crippen LogP contribution is -2.21. The molecule has 0 spiro atoms. The highest BCUT2D eigenvalue weighted by Gasteiger charge is 2.16. The van der Waals surface area contributed by atoms with Crippen molar-refractivity contribution < 1.29 is 0 Å². The maximum atomic E-state index is 6.26. The van der Waals surface area contributed by atoms with Crippen LogP contribution in [0.25, 0.3) is 0 Å². The zero-order chi connectivity index (χ0) is 14.7. The van der Waals surface area contributed by atoms with Crippen LogP contribution in [-0.2, 0) is 0 Å². The van der Waals surface area contributed by atoms with Gasteiger partial charge in [0.2, 0.25) is 0 Å². The zero-order valence-electron chi connectivity index (χ0n) is 11.0. The highest BCUT2D eigenvalue weighted by molar-refractivity contribution is 9.10. The number of aryl methyl sites for hydroxylation is 1. The van der Waals surface area contributed by atoms with Crippen LogP contribution in [-0.4, -0.2) is 6.54 Å². The van der Waals surface area contributed by atoms with Gasteiger partial charge in [-0.25, -0.2) is 0 Å². The Labute approximate surface area is 137 Å². The monoisotopic (exact) mass is 372 g/mol. The van der Waals surface area contributed by atoms with E-state index in [0.29, 0.717) is 16.6 Å². The number of hydrogen-bond acceptors (Lipinski definition) is 2. The van der Waals surface area contributed by atoms with Crippen LogP contribution in [0.2, 0.25) is 10.0 Å². The Morgan fingerprint density at radius 3 is 2.70 bits per heavy atom. The average Bonchev–Trinajstić information content (AvgIpc) is 2.43. The van der Waals surface area contributed by atoms with Crippen molar-refractivity contribution in [3.8, 4) is 0 Å². The first-order valence-corrected chi connectivity index (χ1v) is 7.74. The third-order valence-corrected chi connectivity index (χ3v) is 4.57. The number of nitrogens with one attached hydrogen (secondary N) is 1. The van der Waals surface area contributed by atoms with Crippen LogP contribution in [0.1, 0.15) is 17.2 Å². The van der Waals surface area contributed by atoms with Gasteiger partial charge in [-0.3, -0.25) is 0 Å². The van der Waals surface area contributed by atoms with Crippen LogP contribution in [0.15, 0.2) is 40.9 Å². The van der Waals surface area contributed by atoms with Crippen molar-refractivity contribution in [1.29, 1.82) is 0 Å². The summed E-state index contributed by atoms with van der Waals surface area (Å²) in [4.78, 5) is 0. The molecule has 0 aliphatic heterocycles. The van der Waals surface area contributed by atoms with Gasteiger partial charge in [-0.05, 0) is 52.2 Å². The predicted octanol–water partition coefficient (Wildman–Crippen LogP) is 5.18. The van der Waals surface area contributed by atoms with Crippen molar-refractivity contribution in [2.75, 3.05) is 11.9 Å². The molecule has 0 bridgehead atoms. The molecule has 20 heavy (non-hydrogen) atoms. The highest BCUT2D eigenvalue weighted by Crippen LogP contribution is 2.33. The van der Waals surface area contributed by atoms with Crippen LogP contribution in [0.4, 0.5) is 5.69 Å². The highest BCUT2D eigenvalue weighted by atomic mass is 79.9. The molecule has 0 saturated heterocycles. The summed E-state index contributed by atoms with van der Waals surface area (Å²) in [7, 11) is 0. The van der Waals surface area contributed by atoms with Crippen LogP contribution in [0, 0.1) is 6.92 Å². The first kappa shape index (κ1) is 15.6. The topological polar surface area (TPSA) is 38.0 Å². The van der Waals surface area contributed by atoms with Gasteiger partial charge in [0.1, 0.15) is 0 Å². The number of anilines is 1. The van der Waals surface area contributed by atoms with Gasteiger partial charge in [0.05, 0.1) is 16.1 Å². The second-order valence-electron chi connectivity index (χ2n) is 4.56. The van der Waals surface area contributed by atoms with Gasteiger partial charge in [0.25, 0.3) is 0 Å². The molecule has 0 aliphatic rings. The number of hydrogen-bond donors (Lipinski definition) is 2. The second-order valence-corrected chi connectivity index (χ2v) is 6.20. The Bertz CT molecular complexity index is 617. The summed E-state index contributed by atoms with van der Waals surface area (Å²) in [6.07, 6.45) is 0. The van der Waals surface area contributed by atoms with E-state index in [1.165, 1.54) is 5.56 Å². The van der Waals surface area contributed by atoms with Gasteiger partial charge in [-0.15, -0.1) is 0 Å². The smallest absolute Gasteiger partial charge is 0.0651 e. The minimum Gasteiger partial charge on any atom is -0.376 e. The van der Waals surface area contributed by atoms with Crippen molar-refractivity contribution in [2.24, 2.45) is 5.73 Å². The number of nitrogens with two attached hydrogens (primary N) is 1. The summed E-state index contributed by atoms with van der Waals surface area (Å²) in [6.45, 7) is 2.46. The Morgan fingerprint density at radius 1 is 1.25 bits per heavy atom. The molecule has 2 rings (SSSR count). The van der Waals surface area contributed by atoms with Crippen molar-refractivity contribution in [1.82, 2.24) is 0 Å². The molecule has 2 nitrogen and oxygen atoms in total. The van der Waals surface area contributed by atoms with Crippen LogP contribution < -0.4 is 11.1 Å². The van der Waals surface area contributed by atoms with Crippen LogP contribution >= 0.6 is 39.1 Å². The SMILES string of the molecule is Cc1ccc(Br)c(NC(CN)c2cccc(Cl)c2Cl)c1. The maximum absolute atomic E-state index is 6.26.